The number of sulfonamides is 1. The van der Waals surface area contributed by atoms with E-state index < -0.39 is 15.8 Å². The summed E-state index contributed by atoms with van der Waals surface area (Å²) < 4.78 is 40.9. The number of anilines is 1. The Labute approximate surface area is 128 Å². The van der Waals surface area contributed by atoms with Crippen molar-refractivity contribution in [2.75, 3.05) is 16.7 Å². The van der Waals surface area contributed by atoms with Crippen LogP contribution in [-0.2, 0) is 16.6 Å². The van der Waals surface area contributed by atoms with E-state index in [0.29, 0.717) is 18.1 Å². The topological polar surface area (TPSA) is 55.2 Å². The minimum absolute atomic E-state index is 0.0822. The van der Waals surface area contributed by atoms with E-state index >= 15 is 0 Å². The monoisotopic (exact) mass is 331 g/mol. The van der Waals surface area contributed by atoms with E-state index in [9.17, 15) is 12.8 Å². The first-order chi connectivity index (χ1) is 9.98. The molecule has 0 atom stereocenters. The number of benzene rings is 1. The fourth-order valence-corrected chi connectivity index (χ4v) is 3.51. The molecule has 0 fully saturated rings. The zero-order valence-electron chi connectivity index (χ0n) is 11.4. The van der Waals surface area contributed by atoms with Gasteiger partial charge in [-0.1, -0.05) is 0 Å². The largest absolute Gasteiger partial charge is 0.270 e. The standard InChI is InChI=1S/C13H15ClFN3O2S/c1-2-18(12-5-3-11(15)4-6-12)21(19,20)13-9-16-17(10-13)8-7-14/h3-6,9-10H,2,7-8H2,1H3. The molecule has 8 heteroatoms. The Morgan fingerprint density at radius 1 is 1.33 bits per heavy atom. The Bertz CT molecular complexity index is 700. The zero-order chi connectivity index (χ0) is 15.5. The summed E-state index contributed by atoms with van der Waals surface area (Å²) in [6.07, 6.45) is 2.72. The molecule has 0 aliphatic carbocycles. The van der Waals surface area contributed by atoms with Crippen LogP contribution in [0.1, 0.15) is 6.92 Å². The van der Waals surface area contributed by atoms with Crippen molar-refractivity contribution >= 4 is 27.3 Å². The number of rotatable bonds is 6. The molecule has 1 aromatic heterocycles. The second-order valence-electron chi connectivity index (χ2n) is 4.27. The summed E-state index contributed by atoms with van der Waals surface area (Å²) in [6, 6.07) is 5.31. The molecule has 1 aromatic carbocycles. The van der Waals surface area contributed by atoms with Gasteiger partial charge in [-0.05, 0) is 31.2 Å². The van der Waals surface area contributed by atoms with Gasteiger partial charge in [-0.15, -0.1) is 11.6 Å². The van der Waals surface area contributed by atoms with Gasteiger partial charge in [0.15, 0.2) is 0 Å². The fraction of sp³-hybridized carbons (Fsp3) is 0.308. The lowest BCUT2D eigenvalue weighted by atomic mass is 10.3. The number of aromatic nitrogens is 2. The number of aryl methyl sites for hydroxylation is 1. The molecule has 0 aliphatic rings. The molecule has 0 unspecified atom stereocenters. The highest BCUT2D eigenvalue weighted by molar-refractivity contribution is 7.92. The van der Waals surface area contributed by atoms with Gasteiger partial charge in [-0.25, -0.2) is 12.8 Å². The van der Waals surface area contributed by atoms with Gasteiger partial charge >= 0.3 is 0 Å². The molecule has 0 aliphatic heterocycles. The van der Waals surface area contributed by atoms with Crippen LogP contribution in [-0.4, -0.2) is 30.6 Å². The molecule has 0 amide bonds. The molecule has 0 saturated heterocycles. The lowest BCUT2D eigenvalue weighted by Crippen LogP contribution is -2.30. The normalized spacial score (nSPS) is 11.6. The molecular formula is C13H15ClFN3O2S. The Balaban J connectivity index is 2.36. The van der Waals surface area contributed by atoms with E-state index in [1.807, 2.05) is 0 Å². The van der Waals surface area contributed by atoms with Crippen LogP contribution in [0.15, 0.2) is 41.6 Å². The third-order valence-corrected chi connectivity index (χ3v) is 4.94. The molecule has 0 saturated carbocycles. The van der Waals surface area contributed by atoms with E-state index in [4.69, 9.17) is 11.6 Å². The molecule has 21 heavy (non-hydrogen) atoms. The van der Waals surface area contributed by atoms with Crippen molar-refractivity contribution in [3.05, 3.63) is 42.5 Å². The molecule has 1 heterocycles. The minimum Gasteiger partial charge on any atom is -0.270 e. The summed E-state index contributed by atoms with van der Waals surface area (Å²) in [5.74, 6) is -0.0708. The van der Waals surface area contributed by atoms with E-state index in [1.54, 1.807) is 6.92 Å². The SMILES string of the molecule is CCN(c1ccc(F)cc1)S(=O)(=O)c1cnn(CCCl)c1. The van der Waals surface area contributed by atoms with Crippen molar-refractivity contribution in [3.8, 4) is 0 Å². The lowest BCUT2D eigenvalue weighted by Gasteiger charge is -2.21. The number of alkyl halides is 1. The summed E-state index contributed by atoms with van der Waals surface area (Å²) in [6.45, 7) is 2.37. The zero-order valence-corrected chi connectivity index (χ0v) is 13.0. The molecule has 0 N–H and O–H groups in total. The van der Waals surface area contributed by atoms with Gasteiger partial charge < -0.3 is 0 Å². The predicted octanol–water partition coefficient (Wildman–Crippen LogP) is 2.48. The van der Waals surface area contributed by atoms with Gasteiger partial charge in [0.2, 0.25) is 0 Å². The van der Waals surface area contributed by atoms with E-state index in [-0.39, 0.29) is 11.4 Å². The molecule has 114 valence electrons. The van der Waals surface area contributed by atoms with Crippen LogP contribution in [0.25, 0.3) is 0 Å². The molecule has 2 aromatic rings. The highest BCUT2D eigenvalue weighted by Crippen LogP contribution is 2.23. The number of hydrogen-bond donors (Lipinski definition) is 0. The molecule has 0 bridgehead atoms. The van der Waals surface area contributed by atoms with Crippen LogP contribution >= 0.6 is 11.6 Å². The summed E-state index contributed by atoms with van der Waals surface area (Å²) in [7, 11) is -3.73. The number of nitrogens with zero attached hydrogens (tertiary/aromatic N) is 3. The van der Waals surface area contributed by atoms with Gasteiger partial charge in [-0.2, -0.15) is 5.10 Å². The maximum atomic E-state index is 13.0. The summed E-state index contributed by atoms with van der Waals surface area (Å²) >= 11 is 5.60. The molecule has 0 spiro atoms. The second-order valence-corrected chi connectivity index (χ2v) is 6.51. The first-order valence-corrected chi connectivity index (χ1v) is 8.33. The maximum absolute atomic E-state index is 13.0. The lowest BCUT2D eigenvalue weighted by molar-refractivity contribution is 0.591. The third-order valence-electron chi connectivity index (χ3n) is 2.91. The van der Waals surface area contributed by atoms with Crippen molar-refractivity contribution in [1.29, 1.82) is 0 Å². The molecule has 2 rings (SSSR count). The van der Waals surface area contributed by atoms with Crippen molar-refractivity contribution in [2.24, 2.45) is 0 Å². The van der Waals surface area contributed by atoms with Crippen LogP contribution in [0.3, 0.4) is 0 Å². The van der Waals surface area contributed by atoms with Crippen LogP contribution < -0.4 is 4.31 Å². The molecule has 5 nitrogen and oxygen atoms in total. The van der Waals surface area contributed by atoms with E-state index in [0.717, 1.165) is 0 Å². The van der Waals surface area contributed by atoms with Crippen LogP contribution in [0.2, 0.25) is 0 Å². The van der Waals surface area contributed by atoms with Crippen molar-refractivity contribution in [3.63, 3.8) is 0 Å². The van der Waals surface area contributed by atoms with Crippen LogP contribution in [0.5, 0.6) is 0 Å². The average Bonchev–Trinajstić information content (AvgIpc) is 2.91. The van der Waals surface area contributed by atoms with Gasteiger partial charge in [0.1, 0.15) is 10.7 Å². The van der Waals surface area contributed by atoms with E-state index in [2.05, 4.69) is 5.10 Å². The predicted molar refractivity (Wildman–Crippen MR) is 79.6 cm³/mol. The van der Waals surface area contributed by atoms with Crippen molar-refractivity contribution < 1.29 is 12.8 Å². The Morgan fingerprint density at radius 2 is 2.00 bits per heavy atom. The number of hydrogen-bond acceptors (Lipinski definition) is 3. The highest BCUT2D eigenvalue weighted by atomic mass is 35.5. The van der Waals surface area contributed by atoms with Crippen LogP contribution in [0, 0.1) is 5.82 Å². The maximum Gasteiger partial charge on any atom is 0.267 e. The summed E-state index contributed by atoms with van der Waals surface area (Å²) in [4.78, 5) is 0.0822. The number of halogens is 2. The Morgan fingerprint density at radius 3 is 2.57 bits per heavy atom. The molecular weight excluding hydrogens is 317 g/mol. The van der Waals surface area contributed by atoms with Gasteiger partial charge in [-0.3, -0.25) is 8.99 Å². The van der Waals surface area contributed by atoms with Crippen molar-refractivity contribution in [2.45, 2.75) is 18.4 Å². The first kappa shape index (κ1) is 15.8. The second kappa shape index (κ2) is 6.44. The Kier molecular flexibility index (Phi) is 4.84. The minimum atomic E-state index is -3.73. The fourth-order valence-electron chi connectivity index (χ4n) is 1.91. The quantitative estimate of drug-likeness (QED) is 0.764. The molecule has 0 radical (unpaired) electrons. The summed E-state index contributed by atoms with van der Waals surface area (Å²) in [5, 5.41) is 3.96. The van der Waals surface area contributed by atoms with E-state index in [1.165, 1.54) is 45.6 Å². The first-order valence-electron chi connectivity index (χ1n) is 6.35. The van der Waals surface area contributed by atoms with Gasteiger partial charge in [0.25, 0.3) is 10.0 Å². The van der Waals surface area contributed by atoms with Gasteiger partial charge in [0, 0.05) is 18.6 Å². The third kappa shape index (κ3) is 3.36. The average molecular weight is 332 g/mol. The van der Waals surface area contributed by atoms with Gasteiger partial charge in [0.05, 0.1) is 18.4 Å². The van der Waals surface area contributed by atoms with Crippen molar-refractivity contribution in [1.82, 2.24) is 9.78 Å². The highest BCUT2D eigenvalue weighted by Gasteiger charge is 2.25. The smallest absolute Gasteiger partial charge is 0.267 e. The Hall–Kier alpha value is -1.60. The summed E-state index contributed by atoms with van der Waals surface area (Å²) in [5.41, 5.74) is 0.406. The van der Waals surface area contributed by atoms with Crippen LogP contribution in [0.4, 0.5) is 10.1 Å².